The zero-order valence-corrected chi connectivity index (χ0v) is 64.2. The Hall–Kier alpha value is -14.7. The van der Waals surface area contributed by atoms with E-state index in [1.165, 1.54) is 44.5 Å². The highest BCUT2D eigenvalue weighted by Gasteiger charge is 2.38. The van der Waals surface area contributed by atoms with Crippen LogP contribution in [-0.4, -0.2) is 0 Å². The van der Waals surface area contributed by atoms with Crippen molar-refractivity contribution in [2.45, 2.75) is 38.5 Å². The fourth-order valence-corrected chi connectivity index (χ4v) is 19.7. The first-order valence-electron chi connectivity index (χ1n) is 40.1. The molecule has 0 radical (unpaired) electrons. The van der Waals surface area contributed by atoms with Gasteiger partial charge in [0, 0.05) is 104 Å². The Labute approximate surface area is 669 Å². The number of furan rings is 4. The zero-order chi connectivity index (χ0) is 76.8. The topological polar surface area (TPSA) is 59.0 Å². The molecule has 0 saturated carbocycles. The van der Waals surface area contributed by atoms with Crippen molar-refractivity contribution in [3.05, 3.63) is 386 Å². The van der Waals surface area contributed by atoms with Gasteiger partial charge in [0.25, 0.3) is 0 Å². The average molecular weight is 1490 g/mol. The Morgan fingerprint density at radius 3 is 1.28 bits per heavy atom. The molecule has 116 heavy (non-hydrogen) atoms. The molecule has 0 saturated heterocycles. The van der Waals surface area contributed by atoms with Crippen LogP contribution in [0.1, 0.15) is 49.9 Å². The number of fused-ring (bicyclic) bond motifs is 22. The molecule has 0 N–H and O–H groups in total. The van der Waals surface area contributed by atoms with E-state index in [1.807, 2.05) is 12.1 Å². The van der Waals surface area contributed by atoms with Crippen LogP contribution in [0.4, 0.5) is 34.1 Å². The predicted octanol–water partition coefficient (Wildman–Crippen LogP) is 31.5. The second-order valence-electron chi connectivity index (χ2n) is 32.5. The van der Waals surface area contributed by atoms with Crippen molar-refractivity contribution < 1.29 is 17.7 Å². The third kappa shape index (κ3) is 9.90. The molecular formula is C110H72N2O4. The highest BCUT2D eigenvalue weighted by atomic mass is 16.3. The lowest BCUT2D eigenvalue weighted by Crippen LogP contribution is -2.16. The standard InChI is InChI=1S/C110H72N2O4/c1-109(2)94-31-14-9-26-82(94)84-53-49-75(63-96(84)109)111(73-45-36-65(37-46-73)68-42-55-101-91(58-68)86-28-13-18-35-100(86)113-101)99-34-17-12-23-78(99)71-44-57-103-93(61-71)105-90(59-69-21-6-8-25-81(69)108(105)115-103)72-41-51-87-88-30-19-29-80(106(88)116-104(87)62-72)67-38-47-74(48-39-67)112(76-50-54-85-83-27-10-15-32-95(83)110(3,4)97(85)64-76)98-33-16-11-22-77(98)70-43-56-102-92(60-70)89-52-40-66-20-5-7-24-79(66)107(89)114-102/h5-64H,1-4H3. The summed E-state index contributed by atoms with van der Waals surface area (Å²) in [5.41, 5.74) is 34.1. The van der Waals surface area contributed by atoms with Gasteiger partial charge in [-0.1, -0.05) is 264 Å². The minimum absolute atomic E-state index is 0.206. The van der Waals surface area contributed by atoms with Gasteiger partial charge in [-0.15, -0.1) is 0 Å². The van der Waals surface area contributed by atoms with Crippen molar-refractivity contribution in [2.24, 2.45) is 0 Å². The Morgan fingerprint density at radius 2 is 0.612 bits per heavy atom. The molecule has 18 aromatic carbocycles. The monoisotopic (exact) mass is 1480 g/mol. The Morgan fingerprint density at radius 1 is 0.198 bits per heavy atom. The molecule has 0 aliphatic heterocycles. The summed E-state index contributed by atoms with van der Waals surface area (Å²) in [6, 6.07) is 133. The van der Waals surface area contributed by atoms with Gasteiger partial charge in [-0.25, -0.2) is 0 Å². The van der Waals surface area contributed by atoms with Crippen molar-refractivity contribution in [2.75, 3.05) is 9.80 Å². The summed E-state index contributed by atoms with van der Waals surface area (Å²) in [5, 5.41) is 13.0. The second-order valence-corrected chi connectivity index (χ2v) is 32.5. The van der Waals surface area contributed by atoms with Gasteiger partial charge >= 0.3 is 0 Å². The molecule has 546 valence electrons. The third-order valence-electron chi connectivity index (χ3n) is 25.5. The van der Waals surface area contributed by atoms with Crippen LogP contribution in [0.25, 0.3) is 187 Å². The fourth-order valence-electron chi connectivity index (χ4n) is 19.7. The van der Waals surface area contributed by atoms with E-state index in [9.17, 15) is 0 Å². The van der Waals surface area contributed by atoms with Gasteiger partial charge in [0.15, 0.2) is 0 Å². The van der Waals surface area contributed by atoms with Gasteiger partial charge < -0.3 is 27.5 Å². The van der Waals surface area contributed by atoms with Gasteiger partial charge in [0.05, 0.1) is 11.4 Å². The van der Waals surface area contributed by atoms with E-state index in [1.54, 1.807) is 0 Å². The van der Waals surface area contributed by atoms with Gasteiger partial charge in [-0.2, -0.15) is 0 Å². The lowest BCUT2D eigenvalue weighted by atomic mass is 9.82. The van der Waals surface area contributed by atoms with E-state index < -0.39 is 0 Å². The fraction of sp³-hybridized carbons (Fsp3) is 0.0545. The number of hydrogen-bond acceptors (Lipinski definition) is 6. The van der Waals surface area contributed by atoms with Crippen LogP contribution in [0, 0.1) is 0 Å². The molecule has 6 heteroatoms. The average Bonchev–Trinajstić information content (AvgIpc) is 1.57. The first kappa shape index (κ1) is 65.9. The van der Waals surface area contributed by atoms with Crippen LogP contribution < -0.4 is 9.80 Å². The summed E-state index contributed by atoms with van der Waals surface area (Å²) < 4.78 is 27.3. The van der Waals surface area contributed by atoms with Gasteiger partial charge in [0.2, 0.25) is 0 Å². The van der Waals surface area contributed by atoms with Crippen molar-refractivity contribution in [3.8, 4) is 77.9 Å². The Bertz CT molecular complexity index is 7920. The summed E-state index contributed by atoms with van der Waals surface area (Å²) in [5.74, 6) is 0. The normalized spacial score (nSPS) is 13.3. The minimum atomic E-state index is -0.210. The highest BCUT2D eigenvalue weighted by molar-refractivity contribution is 6.23. The molecule has 2 aliphatic rings. The van der Waals surface area contributed by atoms with Gasteiger partial charge in [-0.05, 0) is 222 Å². The molecule has 24 rings (SSSR count). The van der Waals surface area contributed by atoms with Gasteiger partial charge in [0.1, 0.15) is 44.7 Å². The molecule has 22 aromatic rings. The van der Waals surface area contributed by atoms with Gasteiger partial charge in [-0.3, -0.25) is 0 Å². The number of nitrogens with zero attached hydrogens (tertiary/aromatic N) is 2. The summed E-state index contributed by atoms with van der Waals surface area (Å²) in [6.45, 7) is 9.44. The molecule has 6 nitrogen and oxygen atoms in total. The van der Waals surface area contributed by atoms with Crippen molar-refractivity contribution in [1.82, 2.24) is 0 Å². The Kier molecular flexibility index (Phi) is 14.1. The van der Waals surface area contributed by atoms with E-state index in [4.69, 9.17) is 17.7 Å². The Balaban J connectivity index is 0.611. The van der Waals surface area contributed by atoms with E-state index in [2.05, 4.69) is 389 Å². The summed E-state index contributed by atoms with van der Waals surface area (Å²) >= 11 is 0. The smallest absolute Gasteiger partial charge is 0.143 e. The lowest BCUT2D eigenvalue weighted by Gasteiger charge is -2.30. The number of benzene rings is 18. The van der Waals surface area contributed by atoms with Crippen LogP contribution >= 0.6 is 0 Å². The first-order chi connectivity index (χ1) is 57.0. The molecule has 4 aromatic heterocycles. The molecule has 0 atom stereocenters. The van der Waals surface area contributed by atoms with Crippen LogP contribution in [0.15, 0.2) is 382 Å². The molecule has 0 fully saturated rings. The summed E-state index contributed by atoms with van der Waals surface area (Å²) in [4.78, 5) is 4.89. The van der Waals surface area contributed by atoms with E-state index in [0.29, 0.717) is 0 Å². The van der Waals surface area contributed by atoms with Crippen LogP contribution in [0.2, 0.25) is 0 Å². The third-order valence-corrected chi connectivity index (χ3v) is 25.5. The summed E-state index contributed by atoms with van der Waals surface area (Å²) in [7, 11) is 0. The maximum absolute atomic E-state index is 7.26. The van der Waals surface area contributed by atoms with Crippen LogP contribution in [-0.2, 0) is 10.8 Å². The number of rotatable bonds is 11. The first-order valence-corrected chi connectivity index (χ1v) is 40.1. The predicted molar refractivity (Wildman–Crippen MR) is 482 cm³/mol. The molecule has 0 bridgehead atoms. The number of anilines is 6. The quantitative estimate of drug-likeness (QED) is 0.129. The molecule has 4 heterocycles. The van der Waals surface area contributed by atoms with E-state index in [-0.39, 0.29) is 10.8 Å². The molecule has 0 amide bonds. The number of para-hydroxylation sites is 4. The second kappa shape index (κ2) is 24.9. The maximum Gasteiger partial charge on any atom is 0.143 e. The largest absolute Gasteiger partial charge is 0.456 e. The SMILES string of the molecule is CC1(C)c2ccccc2-c2ccc(N(c3ccc(-c4cccc5c4oc4cc(-c6cc7ccccc7c7oc8ccc(-c9ccccc9N(c9ccc(-c%10ccc%11oc%12ccccc%12c%11c%10)cc9)c9ccc%10c(c9)C(C)(C)c9ccccc9-%10)cc8c67)ccc45)cc3)c3ccccc3-c3ccc4oc5c6ccccc6ccc5c4c3)cc21. The summed E-state index contributed by atoms with van der Waals surface area (Å²) in [6.07, 6.45) is 0. The van der Waals surface area contributed by atoms with Crippen molar-refractivity contribution in [1.29, 1.82) is 0 Å². The zero-order valence-electron chi connectivity index (χ0n) is 64.2. The maximum atomic E-state index is 7.26. The number of hydrogen-bond donors (Lipinski definition) is 0. The molecular weight excluding hydrogens is 1410 g/mol. The van der Waals surface area contributed by atoms with E-state index in [0.717, 1.165) is 199 Å². The van der Waals surface area contributed by atoms with Crippen molar-refractivity contribution >= 4 is 143 Å². The molecule has 0 unspecified atom stereocenters. The van der Waals surface area contributed by atoms with Crippen molar-refractivity contribution in [3.63, 3.8) is 0 Å². The van der Waals surface area contributed by atoms with Crippen LogP contribution in [0.5, 0.6) is 0 Å². The van der Waals surface area contributed by atoms with E-state index >= 15 is 0 Å². The lowest BCUT2D eigenvalue weighted by molar-refractivity contribution is 0.660. The minimum Gasteiger partial charge on any atom is -0.456 e. The van der Waals surface area contributed by atoms with Crippen LogP contribution in [0.3, 0.4) is 0 Å². The molecule has 0 spiro atoms. The molecule has 2 aliphatic carbocycles. The highest BCUT2D eigenvalue weighted by Crippen LogP contribution is 2.56.